The van der Waals surface area contributed by atoms with Gasteiger partial charge in [0.25, 0.3) is 0 Å². The highest BCUT2D eigenvalue weighted by Crippen LogP contribution is 2.16. The van der Waals surface area contributed by atoms with E-state index < -0.39 is 0 Å². The number of nitrogens with zero attached hydrogens (tertiary/aromatic N) is 1. The van der Waals surface area contributed by atoms with E-state index >= 15 is 0 Å². The number of likely N-dealkylation sites (N-methyl/N-ethyl adjacent to an activating group) is 1. The number of likely N-dealkylation sites (tertiary alicyclic amines) is 1. The van der Waals surface area contributed by atoms with Gasteiger partial charge in [-0.1, -0.05) is 6.92 Å². The van der Waals surface area contributed by atoms with Crippen molar-refractivity contribution in [3.8, 4) is 0 Å². The third-order valence-corrected chi connectivity index (χ3v) is 3.85. The molecule has 2 fully saturated rings. The van der Waals surface area contributed by atoms with Crippen molar-refractivity contribution in [1.29, 1.82) is 0 Å². The van der Waals surface area contributed by atoms with E-state index in [9.17, 15) is 4.79 Å². The summed E-state index contributed by atoms with van der Waals surface area (Å²) in [5.74, 6) is 0.449. The zero-order valence-corrected chi connectivity index (χ0v) is 12.6. The van der Waals surface area contributed by atoms with Crippen molar-refractivity contribution in [2.24, 2.45) is 5.92 Å². The minimum Gasteiger partial charge on any atom is -0.354 e. The normalized spacial score (nSPS) is 27.4. The number of halogens is 2. The van der Waals surface area contributed by atoms with Gasteiger partial charge in [0.2, 0.25) is 5.91 Å². The largest absolute Gasteiger partial charge is 0.354 e. The zero-order valence-electron chi connectivity index (χ0n) is 11.0. The van der Waals surface area contributed by atoms with Crippen LogP contribution in [0.4, 0.5) is 0 Å². The Balaban J connectivity index is 0.00000144. The number of nitrogens with one attached hydrogen (secondary N) is 2. The highest BCUT2D eigenvalue weighted by molar-refractivity contribution is 5.85. The Morgan fingerprint density at radius 1 is 1.39 bits per heavy atom. The maximum Gasteiger partial charge on any atom is 0.224 e. The van der Waals surface area contributed by atoms with Crippen LogP contribution in [0.1, 0.15) is 26.2 Å². The number of hydrogen-bond acceptors (Lipinski definition) is 3. The first-order valence-corrected chi connectivity index (χ1v) is 6.53. The molecule has 2 aliphatic rings. The average Bonchev–Trinajstić information content (AvgIpc) is 2.96. The van der Waals surface area contributed by atoms with E-state index in [4.69, 9.17) is 0 Å². The molecule has 2 atom stereocenters. The molecule has 0 spiro atoms. The summed E-state index contributed by atoms with van der Waals surface area (Å²) in [5.41, 5.74) is 0. The molecule has 0 radical (unpaired) electrons. The lowest BCUT2D eigenvalue weighted by molar-refractivity contribution is -0.124. The molecule has 2 saturated heterocycles. The molecule has 2 rings (SSSR count). The van der Waals surface area contributed by atoms with Crippen molar-refractivity contribution in [2.45, 2.75) is 32.2 Å². The molecule has 1 amide bonds. The third kappa shape index (κ3) is 4.57. The predicted octanol–water partition coefficient (Wildman–Crippen LogP) is 1.04. The fraction of sp³-hybridized carbons (Fsp3) is 0.917. The van der Waals surface area contributed by atoms with Crippen LogP contribution in [0.5, 0.6) is 0 Å². The molecular formula is C12H25Cl2N3O. The second-order valence-electron chi connectivity index (χ2n) is 4.86. The summed E-state index contributed by atoms with van der Waals surface area (Å²) in [4.78, 5) is 14.3. The molecule has 0 aliphatic carbocycles. The lowest BCUT2D eigenvalue weighted by Crippen LogP contribution is -2.42. The molecule has 108 valence electrons. The summed E-state index contributed by atoms with van der Waals surface area (Å²) in [6, 6.07) is 0.573. The van der Waals surface area contributed by atoms with Gasteiger partial charge in [-0.25, -0.2) is 0 Å². The fourth-order valence-electron chi connectivity index (χ4n) is 2.78. The van der Waals surface area contributed by atoms with Crippen LogP contribution >= 0.6 is 24.8 Å². The van der Waals surface area contributed by atoms with Crippen molar-refractivity contribution in [2.75, 3.05) is 32.7 Å². The number of carbonyl (C=O) groups excluding carboxylic acids is 1. The molecule has 0 aromatic heterocycles. The molecule has 2 unspecified atom stereocenters. The molecule has 2 heterocycles. The molecule has 0 saturated carbocycles. The predicted molar refractivity (Wildman–Crippen MR) is 78.8 cm³/mol. The fourth-order valence-corrected chi connectivity index (χ4v) is 2.78. The lowest BCUT2D eigenvalue weighted by atomic mass is 10.1. The zero-order chi connectivity index (χ0) is 11.4. The number of hydrogen-bond donors (Lipinski definition) is 2. The van der Waals surface area contributed by atoms with Gasteiger partial charge in [0, 0.05) is 19.1 Å². The summed E-state index contributed by atoms with van der Waals surface area (Å²) in [6.07, 6.45) is 3.50. The van der Waals surface area contributed by atoms with Crippen molar-refractivity contribution < 1.29 is 4.79 Å². The SMILES string of the molecule is CCN1CCCC1CNC(=O)C1CCNC1.Cl.Cl. The van der Waals surface area contributed by atoms with Crippen LogP contribution in [0.25, 0.3) is 0 Å². The standard InChI is InChI=1S/C12H23N3O.2ClH/c1-2-15-7-3-4-11(15)9-14-12(16)10-5-6-13-8-10;;/h10-11,13H,2-9H2,1H3,(H,14,16);2*1H. The smallest absolute Gasteiger partial charge is 0.224 e. The van der Waals surface area contributed by atoms with Gasteiger partial charge >= 0.3 is 0 Å². The van der Waals surface area contributed by atoms with E-state index in [1.165, 1.54) is 19.4 Å². The Bertz CT molecular complexity index is 247. The average molecular weight is 298 g/mol. The van der Waals surface area contributed by atoms with Crippen molar-refractivity contribution >= 4 is 30.7 Å². The molecule has 0 aromatic carbocycles. The van der Waals surface area contributed by atoms with Crippen LogP contribution in [0.2, 0.25) is 0 Å². The van der Waals surface area contributed by atoms with Crippen molar-refractivity contribution in [3.63, 3.8) is 0 Å². The highest BCUT2D eigenvalue weighted by Gasteiger charge is 2.26. The molecular weight excluding hydrogens is 273 g/mol. The Morgan fingerprint density at radius 2 is 2.17 bits per heavy atom. The van der Waals surface area contributed by atoms with Gasteiger partial charge in [0.15, 0.2) is 0 Å². The summed E-state index contributed by atoms with van der Waals surface area (Å²) >= 11 is 0. The number of amides is 1. The number of rotatable bonds is 4. The second kappa shape index (κ2) is 8.97. The van der Waals surface area contributed by atoms with Crippen LogP contribution in [0.15, 0.2) is 0 Å². The monoisotopic (exact) mass is 297 g/mol. The summed E-state index contributed by atoms with van der Waals surface area (Å²) in [6.45, 7) is 7.17. The van der Waals surface area contributed by atoms with Gasteiger partial charge in [-0.3, -0.25) is 9.69 Å². The summed E-state index contributed by atoms with van der Waals surface area (Å²) in [7, 11) is 0. The third-order valence-electron chi connectivity index (χ3n) is 3.85. The highest BCUT2D eigenvalue weighted by atomic mass is 35.5. The van der Waals surface area contributed by atoms with Crippen LogP contribution < -0.4 is 10.6 Å². The lowest BCUT2D eigenvalue weighted by Gasteiger charge is -2.23. The van der Waals surface area contributed by atoms with Gasteiger partial charge in [-0.2, -0.15) is 0 Å². The van der Waals surface area contributed by atoms with E-state index in [0.29, 0.717) is 6.04 Å². The van der Waals surface area contributed by atoms with E-state index in [1.54, 1.807) is 0 Å². The minimum absolute atomic E-state index is 0. The van der Waals surface area contributed by atoms with Gasteiger partial charge in [0.1, 0.15) is 0 Å². The molecule has 0 bridgehead atoms. The Morgan fingerprint density at radius 3 is 2.78 bits per heavy atom. The van der Waals surface area contributed by atoms with Crippen LogP contribution in [0.3, 0.4) is 0 Å². The van der Waals surface area contributed by atoms with Crippen LogP contribution in [-0.4, -0.2) is 49.6 Å². The van der Waals surface area contributed by atoms with Gasteiger partial charge in [-0.15, -0.1) is 24.8 Å². The van der Waals surface area contributed by atoms with Gasteiger partial charge < -0.3 is 10.6 Å². The van der Waals surface area contributed by atoms with E-state index in [0.717, 1.165) is 32.6 Å². The number of carbonyl (C=O) groups is 1. The first-order valence-electron chi connectivity index (χ1n) is 6.53. The minimum atomic E-state index is 0. The Labute approximate surface area is 122 Å². The van der Waals surface area contributed by atoms with Gasteiger partial charge in [-0.05, 0) is 38.9 Å². The van der Waals surface area contributed by atoms with Crippen molar-refractivity contribution in [3.05, 3.63) is 0 Å². The first-order chi connectivity index (χ1) is 7.81. The first kappa shape index (κ1) is 18.0. The van der Waals surface area contributed by atoms with Crippen LogP contribution in [-0.2, 0) is 4.79 Å². The Hall–Kier alpha value is -0.0300. The summed E-state index contributed by atoms with van der Waals surface area (Å²) in [5, 5.41) is 6.34. The maximum atomic E-state index is 11.8. The molecule has 18 heavy (non-hydrogen) atoms. The van der Waals surface area contributed by atoms with Crippen molar-refractivity contribution in [1.82, 2.24) is 15.5 Å². The maximum absolute atomic E-state index is 11.8. The molecule has 4 nitrogen and oxygen atoms in total. The van der Waals surface area contributed by atoms with E-state index in [1.807, 2.05) is 0 Å². The van der Waals surface area contributed by atoms with E-state index in [2.05, 4.69) is 22.5 Å². The Kier molecular flexibility index (Phi) is 8.95. The van der Waals surface area contributed by atoms with Gasteiger partial charge in [0.05, 0.1) is 5.92 Å². The molecule has 2 aliphatic heterocycles. The molecule has 2 N–H and O–H groups in total. The van der Waals surface area contributed by atoms with E-state index in [-0.39, 0.29) is 36.6 Å². The quantitative estimate of drug-likeness (QED) is 0.815. The van der Waals surface area contributed by atoms with Crippen LogP contribution in [0, 0.1) is 5.92 Å². The molecule has 6 heteroatoms. The second-order valence-corrected chi connectivity index (χ2v) is 4.86. The topological polar surface area (TPSA) is 44.4 Å². The molecule has 0 aromatic rings. The summed E-state index contributed by atoms with van der Waals surface area (Å²) < 4.78 is 0.